The monoisotopic (exact) mass is 313 g/mol. The average molecular weight is 314 g/mol. The van der Waals surface area contributed by atoms with Crippen molar-refractivity contribution < 1.29 is 21.6 Å². The number of sulfone groups is 1. The number of benzene rings is 1. The fourth-order valence-electron chi connectivity index (χ4n) is 1.66. The molecule has 0 aliphatic heterocycles. The Hall–Kier alpha value is -0.950. The highest BCUT2D eigenvalue weighted by atomic mass is 35.5. The van der Waals surface area contributed by atoms with E-state index in [9.17, 15) is 21.6 Å². The van der Waals surface area contributed by atoms with Gasteiger partial charge in [0.25, 0.3) is 9.84 Å². The van der Waals surface area contributed by atoms with Gasteiger partial charge in [0.2, 0.25) is 0 Å². The summed E-state index contributed by atoms with van der Waals surface area (Å²) in [6, 6.07) is 4.98. The maximum absolute atomic E-state index is 12.6. The number of halogens is 4. The molecule has 0 radical (unpaired) electrons. The van der Waals surface area contributed by atoms with Crippen LogP contribution in [0.25, 0.3) is 0 Å². The maximum Gasteiger partial charge on any atom is 0.501 e. The van der Waals surface area contributed by atoms with Gasteiger partial charge in [0.05, 0.1) is 16.1 Å². The molecule has 0 saturated heterocycles. The second-order valence-electron chi connectivity index (χ2n) is 4.48. The van der Waals surface area contributed by atoms with Crippen molar-refractivity contribution in [2.24, 2.45) is 0 Å². The molecule has 1 N–H and O–H groups in total. The van der Waals surface area contributed by atoms with Crippen molar-refractivity contribution in [2.45, 2.75) is 28.8 Å². The van der Waals surface area contributed by atoms with Crippen molar-refractivity contribution in [3.8, 4) is 0 Å². The summed E-state index contributed by atoms with van der Waals surface area (Å²) in [5, 5.41) is 2.81. The lowest BCUT2D eigenvalue weighted by molar-refractivity contribution is -0.0435. The van der Waals surface area contributed by atoms with Crippen molar-refractivity contribution in [2.75, 3.05) is 11.2 Å². The van der Waals surface area contributed by atoms with Crippen LogP contribution in [0.15, 0.2) is 29.2 Å². The van der Waals surface area contributed by atoms with Gasteiger partial charge in [0.15, 0.2) is 0 Å². The quantitative estimate of drug-likeness (QED) is 0.869. The van der Waals surface area contributed by atoms with Gasteiger partial charge in [-0.1, -0.05) is 12.1 Å². The smallest absolute Gasteiger partial charge is 0.377 e. The number of alkyl halides is 4. The normalized spacial score (nSPS) is 18.1. The van der Waals surface area contributed by atoms with Crippen LogP contribution in [0.3, 0.4) is 0 Å². The first kappa shape index (κ1) is 14.5. The van der Waals surface area contributed by atoms with E-state index in [0.717, 1.165) is 6.07 Å². The van der Waals surface area contributed by atoms with Crippen LogP contribution in [-0.4, -0.2) is 25.3 Å². The molecule has 0 unspecified atom stereocenters. The Labute approximate surface area is 113 Å². The van der Waals surface area contributed by atoms with Gasteiger partial charge in [-0.25, -0.2) is 8.42 Å². The molecular formula is C11H11ClF3NO2S. The molecule has 1 aliphatic rings. The molecule has 1 aromatic rings. The number of rotatable bonds is 4. The van der Waals surface area contributed by atoms with Gasteiger partial charge in [0.1, 0.15) is 0 Å². The third kappa shape index (κ3) is 2.67. The van der Waals surface area contributed by atoms with E-state index in [1.54, 1.807) is 0 Å². The first-order chi connectivity index (χ1) is 8.72. The summed E-state index contributed by atoms with van der Waals surface area (Å²) in [6.07, 6.45) is 1.41. The molecule has 0 spiro atoms. The minimum absolute atomic E-state index is 0.0574. The van der Waals surface area contributed by atoms with E-state index in [2.05, 4.69) is 5.32 Å². The van der Waals surface area contributed by atoms with Crippen molar-refractivity contribution in [3.63, 3.8) is 0 Å². The van der Waals surface area contributed by atoms with Gasteiger partial charge in [-0.05, 0) is 25.0 Å². The number of hydrogen-bond acceptors (Lipinski definition) is 3. The molecule has 106 valence electrons. The average Bonchev–Trinajstić information content (AvgIpc) is 3.08. The van der Waals surface area contributed by atoms with Crippen molar-refractivity contribution >= 4 is 27.1 Å². The van der Waals surface area contributed by atoms with Crippen LogP contribution in [-0.2, 0) is 9.84 Å². The van der Waals surface area contributed by atoms with E-state index < -0.39 is 25.8 Å². The van der Waals surface area contributed by atoms with Gasteiger partial charge in [0, 0.05) is 5.88 Å². The van der Waals surface area contributed by atoms with E-state index in [1.807, 2.05) is 0 Å². The molecule has 0 aromatic heterocycles. The minimum atomic E-state index is -5.37. The van der Waals surface area contributed by atoms with Crippen LogP contribution < -0.4 is 5.32 Å². The highest BCUT2D eigenvalue weighted by Gasteiger charge is 2.49. The highest BCUT2D eigenvalue weighted by Crippen LogP contribution is 2.42. The van der Waals surface area contributed by atoms with Crippen LogP contribution in [0.2, 0.25) is 0 Å². The molecular weight excluding hydrogens is 303 g/mol. The SMILES string of the molecule is O=S(=O)(c1ccccc1NC1(CCl)CC1)C(F)(F)F. The lowest BCUT2D eigenvalue weighted by Crippen LogP contribution is -2.28. The van der Waals surface area contributed by atoms with E-state index in [1.165, 1.54) is 18.2 Å². The second kappa shape index (κ2) is 4.56. The molecule has 0 heterocycles. The maximum atomic E-state index is 12.6. The predicted octanol–water partition coefficient (Wildman–Crippen LogP) is 3.16. The molecule has 3 nitrogen and oxygen atoms in total. The summed E-state index contributed by atoms with van der Waals surface area (Å²) in [5.41, 5.74) is -5.86. The Kier molecular flexibility index (Phi) is 3.47. The van der Waals surface area contributed by atoms with E-state index in [-0.39, 0.29) is 11.6 Å². The summed E-state index contributed by atoms with van der Waals surface area (Å²) >= 11 is 5.73. The molecule has 8 heteroatoms. The summed E-state index contributed by atoms with van der Waals surface area (Å²) in [4.78, 5) is -0.765. The predicted molar refractivity (Wildman–Crippen MR) is 66.0 cm³/mol. The van der Waals surface area contributed by atoms with Gasteiger partial charge >= 0.3 is 5.51 Å². The Balaban J connectivity index is 2.43. The van der Waals surface area contributed by atoms with Crippen molar-refractivity contribution in [1.82, 2.24) is 0 Å². The van der Waals surface area contributed by atoms with Gasteiger partial charge in [-0.3, -0.25) is 0 Å². The zero-order valence-corrected chi connectivity index (χ0v) is 11.2. The number of para-hydroxylation sites is 1. The topological polar surface area (TPSA) is 46.2 Å². The lowest BCUT2D eigenvalue weighted by Gasteiger charge is -2.19. The molecule has 1 saturated carbocycles. The van der Waals surface area contributed by atoms with Crippen LogP contribution >= 0.6 is 11.6 Å². The van der Waals surface area contributed by atoms with Crippen LogP contribution in [0.4, 0.5) is 18.9 Å². The Morgan fingerprint density at radius 1 is 1.26 bits per heavy atom. The standard InChI is InChI=1S/C11H11ClF3NO2S/c12-7-10(5-6-10)16-8-3-1-2-4-9(8)19(17,18)11(13,14)15/h1-4,16H,5-7H2. The molecule has 0 atom stereocenters. The molecule has 1 aliphatic carbocycles. The number of nitrogens with one attached hydrogen (secondary N) is 1. The molecule has 19 heavy (non-hydrogen) atoms. The Bertz CT molecular complexity index is 582. The third-order valence-electron chi connectivity index (χ3n) is 2.99. The second-order valence-corrected chi connectivity index (χ2v) is 6.66. The molecule has 1 fully saturated rings. The number of hydrogen-bond donors (Lipinski definition) is 1. The zero-order valence-electron chi connectivity index (χ0n) is 9.67. The Morgan fingerprint density at radius 2 is 1.84 bits per heavy atom. The molecule has 1 aromatic carbocycles. The van der Waals surface area contributed by atoms with Gasteiger partial charge in [-0.15, -0.1) is 11.6 Å². The first-order valence-electron chi connectivity index (χ1n) is 5.46. The van der Waals surface area contributed by atoms with E-state index in [0.29, 0.717) is 12.8 Å². The minimum Gasteiger partial charge on any atom is -0.377 e. The summed E-state index contributed by atoms with van der Waals surface area (Å²) < 4.78 is 60.7. The van der Waals surface area contributed by atoms with Crippen molar-refractivity contribution in [3.05, 3.63) is 24.3 Å². The fourth-order valence-corrected chi connectivity index (χ4v) is 2.91. The fraction of sp³-hybridized carbons (Fsp3) is 0.455. The van der Waals surface area contributed by atoms with E-state index >= 15 is 0 Å². The molecule has 0 amide bonds. The summed E-state index contributed by atoms with van der Waals surface area (Å²) in [7, 11) is -5.37. The van der Waals surface area contributed by atoms with Gasteiger partial charge < -0.3 is 5.32 Å². The molecule has 2 rings (SSSR count). The number of anilines is 1. The van der Waals surface area contributed by atoms with Crippen LogP contribution in [0.5, 0.6) is 0 Å². The Morgan fingerprint density at radius 3 is 2.32 bits per heavy atom. The van der Waals surface area contributed by atoms with Crippen LogP contribution in [0.1, 0.15) is 12.8 Å². The summed E-state index contributed by atoms with van der Waals surface area (Å²) in [5.74, 6) is 0.216. The van der Waals surface area contributed by atoms with Crippen LogP contribution in [0, 0.1) is 0 Å². The third-order valence-corrected chi connectivity index (χ3v) is 5.05. The highest BCUT2D eigenvalue weighted by molar-refractivity contribution is 7.92. The van der Waals surface area contributed by atoms with E-state index in [4.69, 9.17) is 11.6 Å². The largest absolute Gasteiger partial charge is 0.501 e. The van der Waals surface area contributed by atoms with Gasteiger partial charge in [-0.2, -0.15) is 13.2 Å². The first-order valence-corrected chi connectivity index (χ1v) is 7.48. The van der Waals surface area contributed by atoms with Crippen molar-refractivity contribution in [1.29, 1.82) is 0 Å². The molecule has 0 bridgehead atoms. The lowest BCUT2D eigenvalue weighted by atomic mass is 10.2. The summed E-state index contributed by atoms with van der Waals surface area (Å²) in [6.45, 7) is 0. The zero-order chi connectivity index (χ0) is 14.3.